The first-order valence-electron chi connectivity index (χ1n) is 13.0. The first-order chi connectivity index (χ1) is 20.2. The van der Waals surface area contributed by atoms with Crippen molar-refractivity contribution in [3.8, 4) is 5.75 Å². The van der Waals surface area contributed by atoms with E-state index >= 15 is 0 Å². The summed E-state index contributed by atoms with van der Waals surface area (Å²) < 4.78 is 5.34. The Bertz CT molecular complexity index is 1720. The molecule has 0 aliphatic carbocycles. The predicted octanol–water partition coefficient (Wildman–Crippen LogP) is 4.63. The number of nitrogens with zero attached hydrogens (tertiary/aromatic N) is 3. The Morgan fingerprint density at radius 1 is 0.929 bits per heavy atom. The number of amides is 2. The van der Waals surface area contributed by atoms with Gasteiger partial charge in [-0.15, -0.1) is 0 Å². The van der Waals surface area contributed by atoms with Crippen LogP contribution in [0.4, 0.5) is 11.4 Å². The SMILES string of the molecule is COc1ccc([N+](=O)[O-])cc1N1C(=O)[C@@H]2[C@@H](C1=O)[C@@H]1C=C(C(=O)c3ccccc3)C=CN1[C@@H]2C(=O)c1ccc(Cl)cc1. The zero-order valence-electron chi connectivity index (χ0n) is 22.0. The standard InChI is InChI=1S/C31H22ClN3O7/c1-42-24-12-11-21(35(40)41)16-22(24)34-30(38)25-23-15-19(28(36)17-5-3-2-4-6-17)13-14-33(23)27(26(25)31(34)39)29(37)18-7-9-20(32)10-8-18/h2-16,23,25-27H,1H3/t23-,25-,26+,27-/m0/s1. The van der Waals surface area contributed by atoms with Gasteiger partial charge in [-0.1, -0.05) is 48.0 Å². The molecule has 11 heteroatoms. The van der Waals surface area contributed by atoms with Gasteiger partial charge in [0.25, 0.3) is 5.69 Å². The fourth-order valence-electron chi connectivity index (χ4n) is 5.94. The number of nitro benzene ring substituents is 1. The lowest BCUT2D eigenvalue weighted by atomic mass is 9.85. The predicted molar refractivity (Wildman–Crippen MR) is 152 cm³/mol. The molecular weight excluding hydrogens is 562 g/mol. The molecule has 2 amide bonds. The lowest BCUT2D eigenvalue weighted by molar-refractivity contribution is -0.384. The molecule has 2 saturated heterocycles. The van der Waals surface area contributed by atoms with E-state index in [4.69, 9.17) is 16.3 Å². The molecule has 210 valence electrons. The van der Waals surface area contributed by atoms with Crippen molar-refractivity contribution in [3.05, 3.63) is 123 Å². The Morgan fingerprint density at radius 2 is 1.62 bits per heavy atom. The number of hydrogen-bond acceptors (Lipinski definition) is 8. The quantitative estimate of drug-likeness (QED) is 0.170. The van der Waals surface area contributed by atoms with Gasteiger partial charge in [-0.3, -0.25) is 29.3 Å². The van der Waals surface area contributed by atoms with Crippen LogP contribution in [0.25, 0.3) is 0 Å². The highest BCUT2D eigenvalue weighted by Gasteiger charge is 2.64. The van der Waals surface area contributed by atoms with E-state index in [0.29, 0.717) is 21.7 Å². The number of nitro groups is 1. The van der Waals surface area contributed by atoms with E-state index in [-0.39, 0.29) is 22.9 Å². The molecule has 6 rings (SSSR count). The van der Waals surface area contributed by atoms with Crippen molar-refractivity contribution in [1.82, 2.24) is 4.90 Å². The van der Waals surface area contributed by atoms with Gasteiger partial charge >= 0.3 is 0 Å². The molecule has 0 spiro atoms. The lowest BCUT2D eigenvalue weighted by Gasteiger charge is -2.33. The minimum Gasteiger partial charge on any atom is -0.495 e. The van der Waals surface area contributed by atoms with Crippen molar-refractivity contribution in [2.24, 2.45) is 11.8 Å². The maximum atomic E-state index is 14.1. The van der Waals surface area contributed by atoms with Crippen molar-refractivity contribution in [3.63, 3.8) is 0 Å². The van der Waals surface area contributed by atoms with Crippen LogP contribution in [0.1, 0.15) is 20.7 Å². The molecule has 4 atom stereocenters. The van der Waals surface area contributed by atoms with Crippen LogP contribution in [0.3, 0.4) is 0 Å². The molecule has 3 aromatic carbocycles. The molecule has 0 aromatic heterocycles. The summed E-state index contributed by atoms with van der Waals surface area (Å²) in [5.41, 5.74) is 0.625. The van der Waals surface area contributed by atoms with Crippen LogP contribution in [-0.4, -0.2) is 52.4 Å². The zero-order valence-corrected chi connectivity index (χ0v) is 22.8. The zero-order chi connectivity index (χ0) is 29.7. The summed E-state index contributed by atoms with van der Waals surface area (Å²) in [4.78, 5) is 68.8. The van der Waals surface area contributed by atoms with Crippen LogP contribution < -0.4 is 9.64 Å². The summed E-state index contributed by atoms with van der Waals surface area (Å²) in [7, 11) is 1.32. The van der Waals surface area contributed by atoms with Crippen LogP contribution in [-0.2, 0) is 9.59 Å². The number of ketones is 2. The number of non-ortho nitro benzene ring substituents is 1. The Kier molecular flexibility index (Phi) is 6.70. The third-order valence-electron chi connectivity index (χ3n) is 7.86. The molecule has 10 nitrogen and oxygen atoms in total. The molecule has 0 bridgehead atoms. The second kappa shape index (κ2) is 10.4. The van der Waals surface area contributed by atoms with Gasteiger partial charge in [0.2, 0.25) is 11.8 Å². The number of halogens is 1. The van der Waals surface area contributed by atoms with Gasteiger partial charge in [-0.25, -0.2) is 4.90 Å². The summed E-state index contributed by atoms with van der Waals surface area (Å²) in [5.74, 6) is -4.13. The van der Waals surface area contributed by atoms with Crippen LogP contribution in [0, 0.1) is 22.0 Å². The Balaban J connectivity index is 1.46. The van der Waals surface area contributed by atoms with E-state index in [9.17, 15) is 29.3 Å². The normalized spacial score (nSPS) is 22.5. The number of Topliss-reactive ketones (excluding diaryl/α,β-unsaturated/α-hetero) is 2. The van der Waals surface area contributed by atoms with E-state index in [2.05, 4.69) is 0 Å². The van der Waals surface area contributed by atoms with Gasteiger partial charge in [-0.05, 0) is 36.4 Å². The molecule has 3 aliphatic rings. The number of carbonyl (C=O) groups is 4. The molecule has 0 saturated carbocycles. The average molecular weight is 584 g/mol. The summed E-state index contributed by atoms with van der Waals surface area (Å²) in [6.45, 7) is 0. The van der Waals surface area contributed by atoms with Crippen LogP contribution in [0.2, 0.25) is 5.02 Å². The number of rotatable bonds is 7. The Morgan fingerprint density at radius 3 is 2.29 bits per heavy atom. The molecule has 0 N–H and O–H groups in total. The lowest BCUT2D eigenvalue weighted by Crippen LogP contribution is -2.46. The smallest absolute Gasteiger partial charge is 0.271 e. The maximum Gasteiger partial charge on any atom is 0.271 e. The van der Waals surface area contributed by atoms with Gasteiger partial charge in [0.15, 0.2) is 11.6 Å². The van der Waals surface area contributed by atoms with Gasteiger partial charge in [0, 0.05) is 40.1 Å². The fourth-order valence-corrected chi connectivity index (χ4v) is 6.07. The first kappa shape index (κ1) is 27.1. The Hall–Kier alpha value is -5.09. The maximum absolute atomic E-state index is 14.1. The van der Waals surface area contributed by atoms with Gasteiger partial charge in [0.1, 0.15) is 17.5 Å². The highest BCUT2D eigenvalue weighted by molar-refractivity contribution is 6.30. The molecule has 0 radical (unpaired) electrons. The van der Waals surface area contributed by atoms with E-state index in [1.54, 1.807) is 77.8 Å². The van der Waals surface area contributed by atoms with E-state index in [1.807, 2.05) is 0 Å². The number of benzene rings is 3. The summed E-state index contributed by atoms with van der Waals surface area (Å²) >= 11 is 6.03. The van der Waals surface area contributed by atoms with Crippen molar-refractivity contribution in [1.29, 1.82) is 0 Å². The van der Waals surface area contributed by atoms with E-state index in [0.717, 1.165) is 11.0 Å². The minimum atomic E-state index is -1.14. The highest BCUT2D eigenvalue weighted by Crippen LogP contribution is 2.49. The van der Waals surface area contributed by atoms with Crippen LogP contribution in [0.15, 0.2) is 96.7 Å². The third kappa shape index (κ3) is 4.27. The number of ether oxygens (including phenoxy) is 1. The molecule has 3 heterocycles. The van der Waals surface area contributed by atoms with Gasteiger partial charge in [0.05, 0.1) is 29.9 Å². The van der Waals surface area contributed by atoms with E-state index in [1.165, 1.54) is 19.2 Å². The van der Waals surface area contributed by atoms with Gasteiger partial charge in [-0.2, -0.15) is 0 Å². The molecule has 0 unspecified atom stereocenters. The molecule has 3 aliphatic heterocycles. The van der Waals surface area contributed by atoms with Crippen molar-refractivity contribution < 1.29 is 28.8 Å². The summed E-state index contributed by atoms with van der Waals surface area (Å²) in [6.07, 6.45) is 4.77. The van der Waals surface area contributed by atoms with Crippen molar-refractivity contribution >= 4 is 46.4 Å². The molecule has 42 heavy (non-hydrogen) atoms. The highest BCUT2D eigenvalue weighted by atomic mass is 35.5. The van der Waals surface area contributed by atoms with E-state index < -0.39 is 46.4 Å². The number of fused-ring (bicyclic) bond motifs is 3. The second-order valence-corrected chi connectivity index (χ2v) is 10.5. The number of allylic oxidation sites excluding steroid dienone is 2. The fraction of sp³-hybridized carbons (Fsp3) is 0.161. The minimum absolute atomic E-state index is 0.0822. The number of carbonyl (C=O) groups excluding carboxylic acids is 4. The monoisotopic (exact) mass is 583 g/mol. The second-order valence-electron chi connectivity index (χ2n) is 10.1. The number of methoxy groups -OCH3 is 1. The van der Waals surface area contributed by atoms with Crippen LogP contribution in [0.5, 0.6) is 5.75 Å². The van der Waals surface area contributed by atoms with Crippen molar-refractivity contribution in [2.75, 3.05) is 12.0 Å². The first-order valence-corrected chi connectivity index (χ1v) is 13.4. The summed E-state index contributed by atoms with van der Waals surface area (Å²) in [5, 5.41) is 11.9. The third-order valence-corrected chi connectivity index (χ3v) is 8.11. The molecular formula is C31H22ClN3O7. The van der Waals surface area contributed by atoms with Crippen LogP contribution >= 0.6 is 11.6 Å². The Labute approximate surface area is 244 Å². The molecule has 2 fully saturated rings. The number of anilines is 1. The summed E-state index contributed by atoms with van der Waals surface area (Å²) in [6, 6.07) is 16.5. The largest absolute Gasteiger partial charge is 0.495 e. The average Bonchev–Trinajstić information content (AvgIpc) is 3.48. The van der Waals surface area contributed by atoms with Crippen molar-refractivity contribution in [2.45, 2.75) is 12.1 Å². The molecule has 3 aromatic rings. The topological polar surface area (TPSA) is 127 Å². The van der Waals surface area contributed by atoms with Gasteiger partial charge < -0.3 is 9.64 Å². The number of imide groups is 1. The number of hydrogen-bond donors (Lipinski definition) is 0.